The average Bonchev–Trinajstić information content (AvgIpc) is 3.36. The van der Waals surface area contributed by atoms with Gasteiger partial charge < -0.3 is 20.4 Å². The van der Waals surface area contributed by atoms with Gasteiger partial charge in [0.25, 0.3) is 0 Å². The van der Waals surface area contributed by atoms with E-state index in [1.807, 2.05) is 50.5 Å². The first-order valence-electron chi connectivity index (χ1n) is 10.8. The predicted octanol–water partition coefficient (Wildman–Crippen LogP) is 5.41. The van der Waals surface area contributed by atoms with Crippen molar-refractivity contribution in [1.29, 1.82) is 0 Å². The minimum absolute atomic E-state index is 0. The topological polar surface area (TPSA) is 79.8 Å². The van der Waals surface area contributed by atoms with Gasteiger partial charge in [-0.3, -0.25) is 9.97 Å². The monoisotopic (exact) mass is 623 g/mol. The zero-order chi connectivity index (χ0) is 23.5. The maximum Gasteiger partial charge on any atom is 2.00 e. The predicted molar refractivity (Wildman–Crippen MR) is 128 cm³/mol. The van der Waals surface area contributed by atoms with E-state index in [1.165, 1.54) is 11.1 Å². The molecule has 0 fully saturated rings. The van der Waals surface area contributed by atoms with Gasteiger partial charge in [-0.15, -0.1) is 0 Å². The van der Waals surface area contributed by atoms with E-state index in [4.69, 9.17) is 0 Å². The van der Waals surface area contributed by atoms with Crippen LogP contribution in [0.4, 0.5) is 0 Å². The van der Waals surface area contributed by atoms with Crippen LogP contribution in [-0.4, -0.2) is 20.2 Å². The van der Waals surface area contributed by atoms with Crippen molar-refractivity contribution in [3.63, 3.8) is 0 Å². The number of pyridine rings is 2. The number of nitrogens with zero attached hydrogens (tertiary/aromatic N) is 6. The summed E-state index contributed by atoms with van der Waals surface area (Å²) in [6.45, 7) is 16.9. The number of rotatable bonds is 2. The van der Waals surface area contributed by atoms with Gasteiger partial charge in [0.15, 0.2) is 0 Å². The van der Waals surface area contributed by atoms with E-state index in [2.05, 4.69) is 84.0 Å². The maximum absolute atomic E-state index is 4.43. The van der Waals surface area contributed by atoms with Crippen molar-refractivity contribution in [2.45, 2.75) is 66.2 Å². The molecule has 0 spiro atoms. The molecule has 0 atom stereocenters. The summed E-state index contributed by atoms with van der Waals surface area (Å²) in [6, 6.07) is 12.1. The van der Waals surface area contributed by atoms with Crippen LogP contribution in [0.2, 0.25) is 0 Å². The Balaban J connectivity index is 0.000000227. The van der Waals surface area contributed by atoms with Crippen molar-refractivity contribution >= 4 is 0 Å². The molecule has 0 aliphatic heterocycles. The molecule has 0 aliphatic rings. The zero-order valence-electron chi connectivity index (χ0n) is 20.6. The summed E-state index contributed by atoms with van der Waals surface area (Å²) in [6.07, 6.45) is 3.83. The van der Waals surface area contributed by atoms with Gasteiger partial charge in [-0.25, -0.2) is 0 Å². The Morgan fingerprint density at radius 1 is 0.606 bits per heavy atom. The quantitative estimate of drug-likeness (QED) is 0.297. The summed E-state index contributed by atoms with van der Waals surface area (Å²) >= 11 is 0. The third-order valence-corrected chi connectivity index (χ3v) is 5.11. The van der Waals surface area contributed by atoms with E-state index in [9.17, 15) is 0 Å². The first-order valence-corrected chi connectivity index (χ1v) is 10.8. The Morgan fingerprint density at radius 3 is 1.18 bits per heavy atom. The fraction of sp³-hybridized carbons (Fsp3) is 0.385. The van der Waals surface area contributed by atoms with Gasteiger partial charge in [0.1, 0.15) is 0 Å². The molecular weight excluding hydrogens is 591 g/mol. The number of aromatic nitrogens is 6. The van der Waals surface area contributed by atoms with E-state index < -0.39 is 0 Å². The van der Waals surface area contributed by atoms with Gasteiger partial charge >= 0.3 is 21.1 Å². The summed E-state index contributed by atoms with van der Waals surface area (Å²) in [5.41, 5.74) is 8.05. The first kappa shape index (κ1) is 26.7. The van der Waals surface area contributed by atoms with E-state index in [0.29, 0.717) is 0 Å². The first-order chi connectivity index (χ1) is 14.9. The zero-order valence-corrected chi connectivity index (χ0v) is 22.9. The molecule has 4 aromatic heterocycles. The largest absolute Gasteiger partial charge is 2.00 e. The third kappa shape index (κ3) is 7.20. The van der Waals surface area contributed by atoms with Crippen molar-refractivity contribution < 1.29 is 21.1 Å². The number of hydrogen-bond donors (Lipinski definition) is 0. The molecule has 0 saturated carbocycles. The smallest absolute Gasteiger partial charge is 0.574 e. The second kappa shape index (κ2) is 10.6. The van der Waals surface area contributed by atoms with E-state index in [0.717, 1.165) is 34.2 Å². The Kier molecular flexibility index (Phi) is 8.53. The standard InChI is InChI=1S/2C13H16N3.Pt/c2*1-9-7-12(16-15-9)11-6-5-10(8-14-11)13(2,3)4;/h2*5-8H,1-4H3;/q2*-1;+2. The fourth-order valence-electron chi connectivity index (χ4n) is 3.01. The second-order valence-corrected chi connectivity index (χ2v) is 10.1. The Morgan fingerprint density at radius 2 is 0.970 bits per heavy atom. The molecule has 0 saturated heterocycles. The summed E-state index contributed by atoms with van der Waals surface area (Å²) in [4.78, 5) is 8.85. The minimum Gasteiger partial charge on any atom is -0.574 e. The fourth-order valence-corrected chi connectivity index (χ4v) is 3.01. The maximum atomic E-state index is 4.43. The van der Waals surface area contributed by atoms with Gasteiger partial charge in [0.2, 0.25) is 0 Å². The molecule has 4 rings (SSSR count). The molecular formula is C26H32N6Pt. The molecule has 0 N–H and O–H groups in total. The summed E-state index contributed by atoms with van der Waals surface area (Å²) in [5.74, 6) is 0. The summed E-state index contributed by atoms with van der Waals surface area (Å²) in [7, 11) is 0. The van der Waals surface area contributed by atoms with Crippen molar-refractivity contribution in [1.82, 2.24) is 30.4 Å². The van der Waals surface area contributed by atoms with Crippen molar-refractivity contribution in [3.05, 3.63) is 71.3 Å². The molecule has 0 aromatic carbocycles. The van der Waals surface area contributed by atoms with Crippen LogP contribution >= 0.6 is 0 Å². The minimum atomic E-state index is 0. The molecule has 4 heterocycles. The molecule has 33 heavy (non-hydrogen) atoms. The summed E-state index contributed by atoms with van der Waals surface area (Å²) < 4.78 is 0. The molecule has 0 bridgehead atoms. The van der Waals surface area contributed by atoms with Crippen LogP contribution in [-0.2, 0) is 31.9 Å². The van der Waals surface area contributed by atoms with E-state index in [1.54, 1.807) is 0 Å². The van der Waals surface area contributed by atoms with Gasteiger partial charge in [0, 0.05) is 35.2 Å². The average molecular weight is 624 g/mol. The van der Waals surface area contributed by atoms with Gasteiger partial charge in [-0.1, -0.05) is 77.2 Å². The van der Waals surface area contributed by atoms with Gasteiger partial charge in [-0.2, -0.15) is 0 Å². The molecule has 7 heteroatoms. The van der Waals surface area contributed by atoms with Crippen LogP contribution in [0.15, 0.2) is 48.8 Å². The molecule has 6 nitrogen and oxygen atoms in total. The normalized spacial score (nSPS) is 11.4. The van der Waals surface area contributed by atoms with Crippen LogP contribution in [0.3, 0.4) is 0 Å². The molecule has 0 unspecified atom stereocenters. The molecule has 176 valence electrons. The van der Waals surface area contributed by atoms with Crippen LogP contribution in [0.1, 0.15) is 64.1 Å². The summed E-state index contributed by atoms with van der Waals surface area (Å²) in [5, 5.41) is 16.1. The van der Waals surface area contributed by atoms with E-state index >= 15 is 0 Å². The van der Waals surface area contributed by atoms with Crippen LogP contribution in [0.25, 0.3) is 22.8 Å². The van der Waals surface area contributed by atoms with E-state index in [-0.39, 0.29) is 31.9 Å². The molecule has 0 radical (unpaired) electrons. The van der Waals surface area contributed by atoms with Crippen molar-refractivity contribution in [2.75, 3.05) is 0 Å². The SMILES string of the molecule is Cc1cc(-c2ccc(C(C)(C)C)cn2)[n-]n1.Cc1cc(-c2ccc(C(C)(C)C)cn2)[n-]n1.[Pt+2]. The molecule has 0 aliphatic carbocycles. The Bertz CT molecular complexity index is 1050. The van der Waals surface area contributed by atoms with Crippen molar-refractivity contribution in [3.8, 4) is 22.8 Å². The third-order valence-electron chi connectivity index (χ3n) is 5.11. The Hall–Kier alpha value is -2.59. The van der Waals surface area contributed by atoms with Gasteiger partial charge in [-0.05, 0) is 47.9 Å². The number of hydrogen-bond acceptors (Lipinski definition) is 4. The van der Waals surface area contributed by atoms with Crippen LogP contribution < -0.4 is 10.2 Å². The Labute approximate surface area is 211 Å². The molecule has 0 amide bonds. The molecule has 4 aromatic rings. The van der Waals surface area contributed by atoms with Crippen LogP contribution in [0.5, 0.6) is 0 Å². The van der Waals surface area contributed by atoms with Gasteiger partial charge in [0.05, 0.1) is 0 Å². The second-order valence-electron chi connectivity index (χ2n) is 10.1. The van der Waals surface area contributed by atoms with Crippen LogP contribution in [0, 0.1) is 13.8 Å². The number of aryl methyl sites for hydroxylation is 2. The van der Waals surface area contributed by atoms with Crippen molar-refractivity contribution in [2.24, 2.45) is 0 Å².